The Morgan fingerprint density at radius 2 is 2.00 bits per heavy atom. The Labute approximate surface area is 132 Å². The zero-order chi connectivity index (χ0) is 16.3. The van der Waals surface area contributed by atoms with Gasteiger partial charge in [-0.1, -0.05) is 26.7 Å². The van der Waals surface area contributed by atoms with Crippen LogP contribution >= 0.6 is 0 Å². The van der Waals surface area contributed by atoms with Crippen LogP contribution in [0.4, 0.5) is 0 Å². The molecule has 0 aliphatic carbocycles. The summed E-state index contributed by atoms with van der Waals surface area (Å²) in [6.45, 7) is 9.85. The Balaban J connectivity index is 2.15. The fourth-order valence-corrected chi connectivity index (χ4v) is 2.96. The molecular weight excluding hydrogens is 282 g/mol. The van der Waals surface area contributed by atoms with Crippen molar-refractivity contribution in [1.29, 1.82) is 0 Å². The number of hydrogen-bond donors (Lipinski definition) is 0. The summed E-state index contributed by atoms with van der Waals surface area (Å²) >= 11 is 0. The fourth-order valence-electron chi connectivity index (χ4n) is 2.96. The summed E-state index contributed by atoms with van der Waals surface area (Å²) in [5.74, 6) is 1.05. The first-order valence-corrected chi connectivity index (χ1v) is 8.25. The van der Waals surface area contributed by atoms with Crippen molar-refractivity contribution in [3.8, 4) is 0 Å². The third-order valence-electron chi connectivity index (χ3n) is 4.21. The van der Waals surface area contributed by atoms with E-state index in [1.807, 2.05) is 20.8 Å². The molecular formula is C17H27NO4. The molecule has 2 rings (SSSR count). The molecule has 22 heavy (non-hydrogen) atoms. The number of nitrogens with zero attached hydrogens (tertiary/aromatic N) is 1. The molecule has 0 saturated heterocycles. The van der Waals surface area contributed by atoms with E-state index < -0.39 is 5.97 Å². The highest BCUT2D eigenvalue weighted by atomic mass is 16.6. The van der Waals surface area contributed by atoms with Gasteiger partial charge in [0.05, 0.1) is 6.10 Å². The zero-order valence-electron chi connectivity index (χ0n) is 14.2. The van der Waals surface area contributed by atoms with Gasteiger partial charge in [-0.15, -0.1) is 0 Å². The van der Waals surface area contributed by atoms with Crippen LogP contribution in [0.15, 0.2) is 16.8 Å². The van der Waals surface area contributed by atoms with E-state index >= 15 is 0 Å². The van der Waals surface area contributed by atoms with Crippen molar-refractivity contribution in [3.05, 3.63) is 11.8 Å². The van der Waals surface area contributed by atoms with Crippen LogP contribution in [-0.2, 0) is 19.0 Å². The third kappa shape index (κ3) is 3.81. The summed E-state index contributed by atoms with van der Waals surface area (Å²) in [6, 6.07) is -0.0591. The molecule has 0 aromatic carbocycles. The molecule has 0 saturated carbocycles. The van der Waals surface area contributed by atoms with Gasteiger partial charge in [0.1, 0.15) is 18.2 Å². The molecule has 0 aromatic heterocycles. The van der Waals surface area contributed by atoms with Crippen molar-refractivity contribution < 1.29 is 19.0 Å². The minimum absolute atomic E-state index is 0.0591. The van der Waals surface area contributed by atoms with E-state index in [1.165, 1.54) is 0 Å². The Bertz CT molecular complexity index is 465. The van der Waals surface area contributed by atoms with Crippen LogP contribution in [0, 0.1) is 5.92 Å². The van der Waals surface area contributed by atoms with E-state index in [4.69, 9.17) is 14.2 Å². The average molecular weight is 309 g/mol. The minimum atomic E-state index is -0.420. The van der Waals surface area contributed by atoms with Gasteiger partial charge in [0, 0.05) is 13.0 Å². The average Bonchev–Trinajstić information content (AvgIpc) is 2.84. The van der Waals surface area contributed by atoms with Gasteiger partial charge in [-0.25, -0.2) is 9.79 Å². The lowest BCUT2D eigenvalue weighted by molar-refractivity contribution is -0.149. The molecule has 2 aliphatic heterocycles. The molecule has 0 spiro atoms. The first kappa shape index (κ1) is 16.8. The summed E-state index contributed by atoms with van der Waals surface area (Å²) in [5, 5.41) is 0. The molecule has 124 valence electrons. The second-order valence-electron chi connectivity index (χ2n) is 6.28. The van der Waals surface area contributed by atoms with Crippen LogP contribution in [0.5, 0.6) is 0 Å². The highest BCUT2D eigenvalue weighted by molar-refractivity contribution is 5.87. The lowest BCUT2D eigenvalue weighted by Crippen LogP contribution is -2.41. The highest BCUT2D eigenvalue weighted by Gasteiger charge is 2.42. The highest BCUT2D eigenvalue weighted by Crippen LogP contribution is 2.32. The molecule has 0 amide bonds. The summed E-state index contributed by atoms with van der Waals surface area (Å²) in [5.41, 5.74) is 0. The first-order chi connectivity index (χ1) is 10.4. The van der Waals surface area contributed by atoms with Crippen molar-refractivity contribution in [2.75, 3.05) is 0 Å². The van der Waals surface area contributed by atoms with Gasteiger partial charge in [-0.2, -0.15) is 0 Å². The minimum Gasteiger partial charge on any atom is -0.481 e. The van der Waals surface area contributed by atoms with Crippen LogP contribution < -0.4 is 0 Å². The summed E-state index contributed by atoms with van der Waals surface area (Å²) in [6.07, 6.45) is 4.24. The Hall–Kier alpha value is -1.52. The monoisotopic (exact) mass is 309 g/mol. The topological polar surface area (TPSA) is 57.1 Å². The van der Waals surface area contributed by atoms with E-state index in [9.17, 15) is 4.79 Å². The number of carbonyl (C=O) groups is 1. The van der Waals surface area contributed by atoms with Gasteiger partial charge in [-0.05, 0) is 26.2 Å². The number of ether oxygens (including phenoxy) is 3. The van der Waals surface area contributed by atoms with Crippen LogP contribution in [0.2, 0.25) is 0 Å². The molecule has 2 aliphatic rings. The SMILES string of the molecule is CCC(CC)C[C@@H]1OC(C(=O)OC(C)C)=C[C@H]2OC(C)=N[C@@H]12. The van der Waals surface area contributed by atoms with Gasteiger partial charge in [0.25, 0.3) is 0 Å². The standard InChI is InChI=1S/C17H27NO4/c1-6-12(7-2)8-13-16-14(21-11(5)18-16)9-15(22-13)17(19)20-10(3)4/h9-10,12-14,16H,6-8H2,1-5H3/t13-,14+,16-/m0/s1. The third-order valence-corrected chi connectivity index (χ3v) is 4.21. The number of carbonyl (C=O) groups excluding carboxylic acids is 1. The maximum absolute atomic E-state index is 12.1. The Morgan fingerprint density at radius 1 is 1.32 bits per heavy atom. The molecule has 0 unspecified atom stereocenters. The van der Waals surface area contributed by atoms with Crippen molar-refractivity contribution >= 4 is 11.9 Å². The van der Waals surface area contributed by atoms with Crippen molar-refractivity contribution in [1.82, 2.24) is 0 Å². The van der Waals surface area contributed by atoms with Crippen LogP contribution in [-0.4, -0.2) is 36.2 Å². The second kappa shape index (κ2) is 7.16. The van der Waals surface area contributed by atoms with E-state index in [0.29, 0.717) is 11.8 Å². The smallest absolute Gasteiger partial charge is 0.373 e. The molecule has 0 aromatic rings. The number of rotatable bonds is 6. The van der Waals surface area contributed by atoms with Crippen molar-refractivity contribution in [2.45, 2.75) is 78.2 Å². The number of hydrogen-bond acceptors (Lipinski definition) is 5. The fraction of sp³-hybridized carbons (Fsp3) is 0.765. The van der Waals surface area contributed by atoms with Gasteiger partial charge in [0.2, 0.25) is 5.76 Å². The van der Waals surface area contributed by atoms with Crippen molar-refractivity contribution in [2.24, 2.45) is 10.9 Å². The molecule has 0 fully saturated rings. The number of fused-ring (bicyclic) bond motifs is 1. The van der Waals surface area contributed by atoms with Crippen LogP contribution in [0.3, 0.4) is 0 Å². The normalized spacial score (nSPS) is 27.0. The predicted molar refractivity (Wildman–Crippen MR) is 84.6 cm³/mol. The van der Waals surface area contributed by atoms with Gasteiger partial charge >= 0.3 is 5.97 Å². The molecule has 0 bridgehead atoms. The largest absolute Gasteiger partial charge is 0.481 e. The Morgan fingerprint density at radius 3 is 2.59 bits per heavy atom. The summed E-state index contributed by atoms with van der Waals surface area (Å²) in [4.78, 5) is 16.7. The zero-order valence-corrected chi connectivity index (χ0v) is 14.2. The van der Waals surface area contributed by atoms with Crippen molar-refractivity contribution in [3.63, 3.8) is 0 Å². The Kier molecular flexibility index (Phi) is 5.48. The van der Waals surface area contributed by atoms with Gasteiger partial charge in [0.15, 0.2) is 5.90 Å². The molecule has 0 N–H and O–H groups in total. The maximum atomic E-state index is 12.1. The van der Waals surface area contributed by atoms with Gasteiger partial charge in [-0.3, -0.25) is 0 Å². The lowest BCUT2D eigenvalue weighted by atomic mass is 9.90. The molecule has 5 heteroatoms. The summed E-state index contributed by atoms with van der Waals surface area (Å²) < 4.78 is 16.9. The molecule has 2 heterocycles. The summed E-state index contributed by atoms with van der Waals surface area (Å²) in [7, 11) is 0. The molecule has 5 nitrogen and oxygen atoms in total. The van der Waals surface area contributed by atoms with E-state index in [0.717, 1.165) is 19.3 Å². The maximum Gasteiger partial charge on any atom is 0.373 e. The number of esters is 1. The number of aliphatic imine (C=N–C) groups is 1. The first-order valence-electron chi connectivity index (χ1n) is 8.25. The van der Waals surface area contributed by atoms with E-state index in [1.54, 1.807) is 6.08 Å². The predicted octanol–water partition coefficient (Wildman–Crippen LogP) is 3.23. The van der Waals surface area contributed by atoms with E-state index in [2.05, 4.69) is 18.8 Å². The van der Waals surface area contributed by atoms with Crippen LogP contribution in [0.1, 0.15) is 53.9 Å². The van der Waals surface area contributed by atoms with E-state index in [-0.39, 0.29) is 30.1 Å². The quantitative estimate of drug-likeness (QED) is 0.707. The van der Waals surface area contributed by atoms with Gasteiger partial charge < -0.3 is 14.2 Å². The molecule has 0 radical (unpaired) electrons. The lowest BCUT2D eigenvalue weighted by Gasteiger charge is -2.32. The van der Waals surface area contributed by atoms with Crippen LogP contribution in [0.25, 0.3) is 0 Å². The molecule has 3 atom stereocenters. The second-order valence-corrected chi connectivity index (χ2v) is 6.28.